The summed E-state index contributed by atoms with van der Waals surface area (Å²) in [4.78, 5) is 17.5. The van der Waals surface area contributed by atoms with Crippen LogP contribution in [0.3, 0.4) is 0 Å². The fourth-order valence-corrected chi connectivity index (χ4v) is 2.21. The van der Waals surface area contributed by atoms with Crippen molar-refractivity contribution in [3.63, 3.8) is 0 Å². The summed E-state index contributed by atoms with van der Waals surface area (Å²) in [5, 5.41) is 0. The van der Waals surface area contributed by atoms with Gasteiger partial charge in [0, 0.05) is 49.6 Å². The molecule has 0 spiro atoms. The van der Waals surface area contributed by atoms with Crippen molar-refractivity contribution < 1.29 is 9.36 Å². The molecule has 4 heteroatoms. The molecule has 0 atom stereocenters. The number of anilines is 1. The van der Waals surface area contributed by atoms with Gasteiger partial charge in [0.15, 0.2) is 12.4 Å². The number of carbonyl (C=O) groups is 1. The molecule has 1 fully saturated rings. The lowest BCUT2D eigenvalue weighted by Crippen LogP contribution is -2.31. The van der Waals surface area contributed by atoms with Crippen LogP contribution in [0.15, 0.2) is 49.1 Å². The highest BCUT2D eigenvalue weighted by Gasteiger charge is 2.22. The van der Waals surface area contributed by atoms with Gasteiger partial charge in [-0.1, -0.05) is 0 Å². The summed E-state index contributed by atoms with van der Waals surface area (Å²) in [6, 6.07) is 7.84. The van der Waals surface area contributed by atoms with Crippen molar-refractivity contribution in [3.8, 4) is 5.69 Å². The molecule has 0 bridgehead atoms. The van der Waals surface area contributed by atoms with Crippen molar-refractivity contribution in [2.45, 2.75) is 12.8 Å². The van der Waals surface area contributed by atoms with Gasteiger partial charge >= 0.3 is 0 Å². The number of nitrogens with zero attached hydrogens (tertiary/aromatic N) is 3. The maximum Gasteiger partial charge on any atom is 0.227 e. The number of carbonyl (C=O) groups excluding carboxylic acids is 1. The molecule has 2 aromatic heterocycles. The molecule has 0 aliphatic carbocycles. The summed E-state index contributed by atoms with van der Waals surface area (Å²) in [6.45, 7) is 0.831. The van der Waals surface area contributed by atoms with Crippen LogP contribution >= 0.6 is 0 Å². The van der Waals surface area contributed by atoms with E-state index in [1.165, 1.54) is 0 Å². The van der Waals surface area contributed by atoms with Crippen molar-refractivity contribution in [2.75, 3.05) is 11.4 Å². The molecule has 1 aliphatic heterocycles. The first-order valence-electron chi connectivity index (χ1n) is 6.07. The molecule has 1 saturated heterocycles. The molecule has 3 heterocycles. The number of amides is 1. The Morgan fingerprint density at radius 2 is 1.83 bits per heavy atom. The standard InChI is InChI=1S/C14H14N3O/c18-14-2-1-9-17(14)13-5-10-16(11-6-13)12-3-7-15-8-4-12/h3-8,10-11H,1-2,9H2/q+1. The van der Waals surface area contributed by atoms with Gasteiger partial charge in [-0.2, -0.15) is 4.57 Å². The number of rotatable bonds is 2. The predicted molar refractivity (Wildman–Crippen MR) is 67.4 cm³/mol. The smallest absolute Gasteiger partial charge is 0.227 e. The molecule has 0 aromatic carbocycles. The Bertz CT molecular complexity index is 551. The van der Waals surface area contributed by atoms with Crippen LogP contribution in [-0.2, 0) is 4.79 Å². The maximum absolute atomic E-state index is 11.6. The Hall–Kier alpha value is -2.23. The maximum atomic E-state index is 11.6. The van der Waals surface area contributed by atoms with E-state index in [0.717, 1.165) is 24.3 Å². The fourth-order valence-electron chi connectivity index (χ4n) is 2.21. The lowest BCUT2D eigenvalue weighted by atomic mass is 10.3. The molecule has 18 heavy (non-hydrogen) atoms. The van der Waals surface area contributed by atoms with Crippen LogP contribution in [0.2, 0.25) is 0 Å². The van der Waals surface area contributed by atoms with Crippen LogP contribution in [0, 0.1) is 0 Å². The van der Waals surface area contributed by atoms with Gasteiger partial charge in [-0.25, -0.2) is 0 Å². The third kappa shape index (κ3) is 1.97. The van der Waals surface area contributed by atoms with Gasteiger partial charge in [-0.15, -0.1) is 0 Å². The molecule has 0 saturated carbocycles. The molecule has 2 aromatic rings. The highest BCUT2D eigenvalue weighted by atomic mass is 16.2. The average molecular weight is 240 g/mol. The van der Waals surface area contributed by atoms with Gasteiger partial charge in [0.1, 0.15) is 0 Å². The number of hydrogen-bond acceptors (Lipinski definition) is 2. The second-order valence-corrected chi connectivity index (χ2v) is 4.32. The van der Waals surface area contributed by atoms with Crippen LogP contribution in [0.25, 0.3) is 5.69 Å². The largest absolute Gasteiger partial charge is 0.312 e. The number of pyridine rings is 2. The summed E-state index contributed by atoms with van der Waals surface area (Å²) in [6.07, 6.45) is 9.09. The predicted octanol–water partition coefficient (Wildman–Crippen LogP) is 1.49. The van der Waals surface area contributed by atoms with E-state index in [2.05, 4.69) is 4.98 Å². The summed E-state index contributed by atoms with van der Waals surface area (Å²) in [5.74, 6) is 0.219. The molecular formula is C14H14N3O+. The third-order valence-corrected chi connectivity index (χ3v) is 3.16. The quantitative estimate of drug-likeness (QED) is 0.746. The zero-order valence-corrected chi connectivity index (χ0v) is 9.99. The van der Waals surface area contributed by atoms with E-state index in [-0.39, 0.29) is 5.91 Å². The molecule has 0 radical (unpaired) electrons. The summed E-state index contributed by atoms with van der Waals surface area (Å²) < 4.78 is 2.01. The number of hydrogen-bond donors (Lipinski definition) is 0. The summed E-state index contributed by atoms with van der Waals surface area (Å²) in [5.41, 5.74) is 2.03. The van der Waals surface area contributed by atoms with Gasteiger partial charge in [0.05, 0.1) is 5.69 Å². The van der Waals surface area contributed by atoms with Gasteiger partial charge in [0.25, 0.3) is 0 Å². The lowest BCUT2D eigenvalue weighted by Gasteiger charge is -2.14. The monoisotopic (exact) mass is 240 g/mol. The van der Waals surface area contributed by atoms with Crippen molar-refractivity contribution in [1.82, 2.24) is 4.98 Å². The molecule has 4 nitrogen and oxygen atoms in total. The summed E-state index contributed by atoms with van der Waals surface area (Å²) >= 11 is 0. The van der Waals surface area contributed by atoms with Gasteiger partial charge in [-0.3, -0.25) is 9.78 Å². The molecule has 0 N–H and O–H groups in total. The average Bonchev–Trinajstić information content (AvgIpc) is 2.86. The fraction of sp³-hybridized carbons (Fsp3) is 0.214. The Balaban J connectivity index is 1.87. The van der Waals surface area contributed by atoms with Crippen LogP contribution < -0.4 is 9.47 Å². The molecule has 0 unspecified atom stereocenters. The first kappa shape index (κ1) is 10.9. The van der Waals surface area contributed by atoms with Crippen molar-refractivity contribution in [2.24, 2.45) is 0 Å². The van der Waals surface area contributed by atoms with Crippen LogP contribution in [-0.4, -0.2) is 17.4 Å². The second-order valence-electron chi connectivity index (χ2n) is 4.32. The molecule has 1 amide bonds. The minimum atomic E-state index is 0.219. The molecule has 1 aliphatic rings. The van der Waals surface area contributed by atoms with Crippen molar-refractivity contribution in [3.05, 3.63) is 49.1 Å². The first-order valence-corrected chi connectivity index (χ1v) is 6.07. The van der Waals surface area contributed by atoms with Gasteiger partial charge in [0.2, 0.25) is 11.6 Å². The Labute approximate surface area is 106 Å². The first-order chi connectivity index (χ1) is 8.84. The van der Waals surface area contributed by atoms with E-state index in [4.69, 9.17) is 0 Å². The minimum Gasteiger partial charge on any atom is -0.312 e. The van der Waals surface area contributed by atoms with Crippen molar-refractivity contribution in [1.29, 1.82) is 0 Å². The van der Waals surface area contributed by atoms with Crippen LogP contribution in [0.5, 0.6) is 0 Å². The Kier molecular flexibility index (Phi) is 2.76. The zero-order chi connectivity index (χ0) is 12.4. The second kappa shape index (κ2) is 4.56. The van der Waals surface area contributed by atoms with E-state index in [9.17, 15) is 4.79 Å². The minimum absolute atomic E-state index is 0.219. The molecular weight excluding hydrogens is 226 g/mol. The molecule has 90 valence electrons. The zero-order valence-electron chi connectivity index (χ0n) is 9.99. The van der Waals surface area contributed by atoms with Gasteiger partial charge in [-0.05, 0) is 6.42 Å². The van der Waals surface area contributed by atoms with Gasteiger partial charge < -0.3 is 4.90 Å². The topological polar surface area (TPSA) is 37.1 Å². The van der Waals surface area contributed by atoms with E-state index < -0.39 is 0 Å². The third-order valence-electron chi connectivity index (χ3n) is 3.16. The molecule has 3 rings (SSSR count). The van der Waals surface area contributed by atoms with E-state index in [1.54, 1.807) is 12.4 Å². The normalized spacial score (nSPS) is 15.1. The van der Waals surface area contributed by atoms with Crippen molar-refractivity contribution >= 4 is 11.6 Å². The van der Waals surface area contributed by atoms with Crippen LogP contribution in [0.4, 0.5) is 5.69 Å². The Morgan fingerprint density at radius 1 is 1.11 bits per heavy atom. The number of aromatic nitrogens is 2. The highest BCUT2D eigenvalue weighted by molar-refractivity contribution is 5.95. The van der Waals surface area contributed by atoms with Crippen LogP contribution in [0.1, 0.15) is 12.8 Å². The lowest BCUT2D eigenvalue weighted by molar-refractivity contribution is -0.595. The highest BCUT2D eigenvalue weighted by Crippen LogP contribution is 2.19. The SMILES string of the molecule is O=C1CCCN1c1cc[n+](-c2ccncc2)cc1. The Morgan fingerprint density at radius 3 is 2.44 bits per heavy atom. The van der Waals surface area contributed by atoms with E-state index >= 15 is 0 Å². The summed E-state index contributed by atoms with van der Waals surface area (Å²) in [7, 11) is 0. The van der Waals surface area contributed by atoms with E-state index in [0.29, 0.717) is 6.42 Å². The van der Waals surface area contributed by atoms with E-state index in [1.807, 2.05) is 46.1 Å².